The van der Waals surface area contributed by atoms with Crippen molar-refractivity contribution in [2.75, 3.05) is 13.1 Å². The Balaban J connectivity index is 1.16. The van der Waals surface area contributed by atoms with Gasteiger partial charge in [0.25, 0.3) is 0 Å². The molecule has 7 nitrogen and oxygen atoms in total. The van der Waals surface area contributed by atoms with Gasteiger partial charge in [-0.15, -0.1) is 10.2 Å². The molecule has 5 rings (SSSR count). The summed E-state index contributed by atoms with van der Waals surface area (Å²) < 4.78 is 21.5. The van der Waals surface area contributed by atoms with E-state index in [1.807, 2.05) is 36.4 Å². The average molecular weight is 494 g/mol. The number of nitrogens with one attached hydrogen (secondary N) is 1. The second kappa shape index (κ2) is 10.4. The van der Waals surface area contributed by atoms with Crippen LogP contribution in [0.2, 0.25) is 5.02 Å². The Bertz CT molecular complexity index is 1320. The number of aromatic nitrogens is 3. The average Bonchev–Trinajstić information content (AvgIpc) is 3.41. The molecule has 0 unspecified atom stereocenters. The minimum Gasteiger partial charge on any atom is -0.460 e. The first-order chi connectivity index (χ1) is 17.0. The number of hydrogen-bond acceptors (Lipinski definition) is 5. The van der Waals surface area contributed by atoms with Gasteiger partial charge in [-0.3, -0.25) is 9.69 Å². The number of benzene rings is 2. The molecular weight excluding hydrogens is 469 g/mol. The first-order valence-corrected chi connectivity index (χ1v) is 11.9. The summed E-state index contributed by atoms with van der Waals surface area (Å²) in [5.74, 6) is 2.81. The molecule has 35 heavy (non-hydrogen) atoms. The summed E-state index contributed by atoms with van der Waals surface area (Å²) in [5, 5.41) is 12.2. The number of nitrogens with zero attached hydrogens (tertiary/aromatic N) is 4. The van der Waals surface area contributed by atoms with Gasteiger partial charge in [-0.2, -0.15) is 0 Å². The van der Waals surface area contributed by atoms with E-state index in [9.17, 15) is 9.18 Å². The number of hydrogen-bond donors (Lipinski definition) is 1. The lowest BCUT2D eigenvalue weighted by atomic mass is 10.1. The number of carbonyl (C=O) groups excluding carboxylic acids is 1. The molecule has 9 heteroatoms. The standard InChI is InChI=1S/C26H25ClFN5O2/c27-20-6-4-19(5-7-20)23-9-8-22(35-23)17-32-11-10-24-30-31-25(33(24)13-12-32)16-29-26(34)15-18-2-1-3-21(28)14-18/h1-9,14H,10-13,15-17H2,(H,29,34). The second-order valence-corrected chi connectivity index (χ2v) is 9.00. The first kappa shape index (κ1) is 23.3. The quantitative estimate of drug-likeness (QED) is 0.416. The van der Waals surface area contributed by atoms with Crippen molar-refractivity contribution >= 4 is 17.5 Å². The molecule has 1 N–H and O–H groups in total. The summed E-state index contributed by atoms with van der Waals surface area (Å²) in [6.07, 6.45) is 0.878. The monoisotopic (exact) mass is 493 g/mol. The van der Waals surface area contributed by atoms with Gasteiger partial charge in [0, 0.05) is 36.6 Å². The van der Waals surface area contributed by atoms with Crippen molar-refractivity contribution in [3.8, 4) is 11.3 Å². The fraction of sp³-hybridized carbons (Fsp3) is 0.269. The van der Waals surface area contributed by atoms with E-state index < -0.39 is 0 Å². The highest BCUT2D eigenvalue weighted by Gasteiger charge is 2.20. The van der Waals surface area contributed by atoms with E-state index >= 15 is 0 Å². The van der Waals surface area contributed by atoms with Gasteiger partial charge >= 0.3 is 0 Å². The van der Waals surface area contributed by atoms with Crippen LogP contribution in [0.15, 0.2) is 65.1 Å². The van der Waals surface area contributed by atoms with Gasteiger partial charge in [-0.1, -0.05) is 23.7 Å². The third-order valence-corrected chi connectivity index (χ3v) is 6.31. The van der Waals surface area contributed by atoms with Crippen LogP contribution >= 0.6 is 11.6 Å². The van der Waals surface area contributed by atoms with Gasteiger partial charge in [0.2, 0.25) is 5.91 Å². The Morgan fingerprint density at radius 1 is 1.06 bits per heavy atom. The van der Waals surface area contributed by atoms with Crippen molar-refractivity contribution < 1.29 is 13.6 Å². The highest BCUT2D eigenvalue weighted by atomic mass is 35.5. The molecule has 0 aliphatic carbocycles. The fourth-order valence-electron chi connectivity index (χ4n) is 4.24. The second-order valence-electron chi connectivity index (χ2n) is 8.57. The predicted molar refractivity (Wildman–Crippen MR) is 130 cm³/mol. The predicted octanol–water partition coefficient (Wildman–Crippen LogP) is 4.25. The van der Waals surface area contributed by atoms with E-state index in [4.69, 9.17) is 16.0 Å². The van der Waals surface area contributed by atoms with E-state index in [1.54, 1.807) is 12.1 Å². The summed E-state index contributed by atoms with van der Waals surface area (Å²) in [4.78, 5) is 14.6. The van der Waals surface area contributed by atoms with Crippen LogP contribution in [0.5, 0.6) is 0 Å². The number of amides is 1. The number of halogens is 2. The molecule has 1 amide bonds. The van der Waals surface area contributed by atoms with Crippen LogP contribution < -0.4 is 5.32 Å². The third-order valence-electron chi connectivity index (χ3n) is 6.06. The van der Waals surface area contributed by atoms with Crippen molar-refractivity contribution in [3.63, 3.8) is 0 Å². The lowest BCUT2D eigenvalue weighted by Crippen LogP contribution is -2.28. The molecule has 0 saturated heterocycles. The van der Waals surface area contributed by atoms with E-state index in [2.05, 4.69) is 25.0 Å². The molecular formula is C26H25ClFN5O2. The van der Waals surface area contributed by atoms with Gasteiger partial charge in [-0.25, -0.2) is 4.39 Å². The highest BCUT2D eigenvalue weighted by Crippen LogP contribution is 2.25. The zero-order chi connectivity index (χ0) is 24.2. The highest BCUT2D eigenvalue weighted by molar-refractivity contribution is 6.30. The van der Waals surface area contributed by atoms with Gasteiger partial charge in [0.1, 0.15) is 23.2 Å². The van der Waals surface area contributed by atoms with Crippen molar-refractivity contribution in [1.82, 2.24) is 25.0 Å². The molecule has 0 radical (unpaired) electrons. The molecule has 1 aliphatic rings. The smallest absolute Gasteiger partial charge is 0.224 e. The molecule has 3 heterocycles. The maximum atomic E-state index is 13.3. The molecule has 4 aromatic rings. The Kier molecular flexibility index (Phi) is 6.92. The summed E-state index contributed by atoms with van der Waals surface area (Å²) >= 11 is 5.98. The zero-order valence-corrected chi connectivity index (χ0v) is 19.8. The van der Waals surface area contributed by atoms with Crippen LogP contribution in [-0.4, -0.2) is 38.7 Å². The van der Waals surface area contributed by atoms with Crippen molar-refractivity contribution in [1.29, 1.82) is 0 Å². The maximum absolute atomic E-state index is 13.3. The Labute approximate surface area is 207 Å². The van der Waals surface area contributed by atoms with Crippen molar-refractivity contribution in [3.05, 3.63) is 94.5 Å². The SMILES string of the molecule is O=C(Cc1cccc(F)c1)NCc1nnc2n1CCN(Cc1ccc(-c3ccc(Cl)cc3)o1)CC2. The lowest BCUT2D eigenvalue weighted by Gasteiger charge is -2.18. The van der Waals surface area contributed by atoms with E-state index in [0.717, 1.165) is 54.8 Å². The van der Waals surface area contributed by atoms with Crippen LogP contribution in [0.1, 0.15) is 23.0 Å². The summed E-state index contributed by atoms with van der Waals surface area (Å²) in [7, 11) is 0. The van der Waals surface area contributed by atoms with E-state index in [1.165, 1.54) is 12.1 Å². The molecule has 0 saturated carbocycles. The Morgan fingerprint density at radius 3 is 2.74 bits per heavy atom. The first-order valence-electron chi connectivity index (χ1n) is 11.5. The Hall–Kier alpha value is -3.49. The van der Waals surface area contributed by atoms with Crippen LogP contribution in [0.25, 0.3) is 11.3 Å². The van der Waals surface area contributed by atoms with Gasteiger partial charge in [-0.05, 0) is 54.1 Å². The minimum absolute atomic E-state index is 0.119. The lowest BCUT2D eigenvalue weighted by molar-refractivity contribution is -0.120. The normalized spacial score (nSPS) is 13.9. The number of furan rings is 1. The van der Waals surface area contributed by atoms with Gasteiger partial charge in [0.15, 0.2) is 5.82 Å². The zero-order valence-electron chi connectivity index (χ0n) is 19.1. The number of rotatable bonds is 7. The molecule has 0 atom stereocenters. The largest absolute Gasteiger partial charge is 0.460 e. The molecule has 180 valence electrons. The summed E-state index contributed by atoms with van der Waals surface area (Å²) in [6, 6.07) is 17.7. The van der Waals surface area contributed by atoms with Gasteiger partial charge < -0.3 is 14.3 Å². The van der Waals surface area contributed by atoms with Crippen molar-refractivity contribution in [2.45, 2.75) is 32.5 Å². The van der Waals surface area contributed by atoms with Crippen LogP contribution in [0.3, 0.4) is 0 Å². The third kappa shape index (κ3) is 5.78. The molecule has 0 spiro atoms. The Morgan fingerprint density at radius 2 is 1.91 bits per heavy atom. The summed E-state index contributed by atoms with van der Waals surface area (Å²) in [6.45, 7) is 3.35. The number of carbonyl (C=O) groups is 1. The van der Waals surface area contributed by atoms with E-state index in [0.29, 0.717) is 17.1 Å². The molecule has 2 aromatic heterocycles. The van der Waals surface area contributed by atoms with Crippen LogP contribution in [0.4, 0.5) is 4.39 Å². The van der Waals surface area contributed by atoms with Crippen LogP contribution in [-0.2, 0) is 37.3 Å². The van der Waals surface area contributed by atoms with Crippen LogP contribution in [0, 0.1) is 5.82 Å². The van der Waals surface area contributed by atoms with E-state index in [-0.39, 0.29) is 24.7 Å². The topological polar surface area (TPSA) is 76.2 Å². The fourth-order valence-corrected chi connectivity index (χ4v) is 4.37. The van der Waals surface area contributed by atoms with Crippen molar-refractivity contribution in [2.24, 2.45) is 0 Å². The molecule has 0 fully saturated rings. The maximum Gasteiger partial charge on any atom is 0.224 e. The van der Waals surface area contributed by atoms with Gasteiger partial charge in [0.05, 0.1) is 19.5 Å². The molecule has 2 aromatic carbocycles. The molecule has 1 aliphatic heterocycles. The number of fused-ring (bicyclic) bond motifs is 1. The summed E-state index contributed by atoms with van der Waals surface area (Å²) in [5.41, 5.74) is 1.63. The molecule has 0 bridgehead atoms. The minimum atomic E-state index is -0.349.